The number of carbonyl (C=O) groups is 1. The van der Waals surface area contributed by atoms with Crippen LogP contribution in [-0.4, -0.2) is 52.4 Å². The second-order valence-electron chi connectivity index (χ2n) is 10.7. The van der Waals surface area contributed by atoms with Gasteiger partial charge in [-0.15, -0.1) is 0 Å². The number of carbonyl (C=O) groups excluding carboxylic acids is 1. The number of nitriles is 1. The number of nitrogens with zero attached hydrogens (tertiary/aromatic N) is 5. The van der Waals surface area contributed by atoms with Crippen LogP contribution in [0.4, 0.5) is 11.5 Å². The zero-order chi connectivity index (χ0) is 29.4. The van der Waals surface area contributed by atoms with Crippen molar-refractivity contribution in [1.82, 2.24) is 9.47 Å². The summed E-state index contributed by atoms with van der Waals surface area (Å²) < 4.78 is 2.32. The van der Waals surface area contributed by atoms with Crippen LogP contribution in [0.3, 0.4) is 0 Å². The van der Waals surface area contributed by atoms with E-state index >= 15 is 0 Å². The maximum absolute atomic E-state index is 13.5. The van der Waals surface area contributed by atoms with Gasteiger partial charge in [0.1, 0.15) is 21.8 Å². The third-order valence-corrected chi connectivity index (χ3v) is 9.26. The molecular weight excluding hydrogens is 551 g/mol. The normalized spacial score (nSPS) is 16.6. The van der Waals surface area contributed by atoms with Crippen LogP contribution in [-0.2, 0) is 11.3 Å². The molecule has 0 atom stereocenters. The number of pyridine rings is 1. The van der Waals surface area contributed by atoms with E-state index in [1.54, 1.807) is 9.47 Å². The van der Waals surface area contributed by atoms with Crippen molar-refractivity contribution < 1.29 is 4.79 Å². The number of para-hydroxylation sites is 1. The Kier molecular flexibility index (Phi) is 11.1. The van der Waals surface area contributed by atoms with Crippen molar-refractivity contribution in [2.24, 2.45) is 0 Å². The standard InChI is InChI=1S/C32H41N5O2S2/c1-4-6-7-8-9-13-17-37-31(39)28(41-32(37)40)22-26-24(3)27(23-33)30(38)36(16-5-2)29(26)35-20-18-34(19-21-35)25-14-11-10-12-15-25/h10-12,14-15,22H,4-9,13,16-21H2,1-3H3/b28-22+. The van der Waals surface area contributed by atoms with Gasteiger partial charge in [0, 0.05) is 50.5 Å². The molecule has 2 saturated heterocycles. The molecule has 0 aliphatic carbocycles. The van der Waals surface area contributed by atoms with Crippen molar-refractivity contribution in [2.45, 2.75) is 72.3 Å². The summed E-state index contributed by atoms with van der Waals surface area (Å²) in [5, 5.41) is 9.94. The minimum atomic E-state index is -0.264. The molecular formula is C32H41N5O2S2. The summed E-state index contributed by atoms with van der Waals surface area (Å²) >= 11 is 6.94. The average molecular weight is 592 g/mol. The van der Waals surface area contributed by atoms with Crippen molar-refractivity contribution in [3.8, 4) is 6.07 Å². The highest BCUT2D eigenvalue weighted by molar-refractivity contribution is 8.26. The lowest BCUT2D eigenvalue weighted by molar-refractivity contribution is -0.122. The Morgan fingerprint density at radius 3 is 2.24 bits per heavy atom. The predicted molar refractivity (Wildman–Crippen MR) is 175 cm³/mol. The maximum atomic E-state index is 13.5. The smallest absolute Gasteiger partial charge is 0.270 e. The first kappa shape index (κ1) is 30.9. The molecule has 9 heteroatoms. The Balaban J connectivity index is 1.65. The van der Waals surface area contributed by atoms with Crippen molar-refractivity contribution in [2.75, 3.05) is 42.5 Å². The summed E-state index contributed by atoms with van der Waals surface area (Å²) in [6.45, 7) is 10.3. The van der Waals surface area contributed by atoms with Gasteiger partial charge in [-0.1, -0.05) is 88.1 Å². The molecule has 2 aliphatic rings. The van der Waals surface area contributed by atoms with E-state index in [0.717, 1.165) is 56.8 Å². The number of thioether (sulfide) groups is 1. The SMILES string of the molecule is CCCCCCCCN1C(=O)/C(=C\c2c(C)c(C#N)c(=O)n(CCC)c2N2CCN(c3ccccc3)CC2)SC1=S. The van der Waals surface area contributed by atoms with Crippen LogP contribution in [0.2, 0.25) is 0 Å². The predicted octanol–water partition coefficient (Wildman–Crippen LogP) is 6.33. The molecule has 41 heavy (non-hydrogen) atoms. The summed E-state index contributed by atoms with van der Waals surface area (Å²) in [7, 11) is 0. The van der Waals surface area contributed by atoms with Crippen molar-refractivity contribution in [1.29, 1.82) is 5.26 Å². The second kappa shape index (κ2) is 14.7. The summed E-state index contributed by atoms with van der Waals surface area (Å²) in [6, 6.07) is 12.5. The third kappa shape index (κ3) is 7.04. The van der Waals surface area contributed by atoms with Crippen molar-refractivity contribution >= 4 is 51.8 Å². The lowest BCUT2D eigenvalue weighted by Crippen LogP contribution is -2.48. The van der Waals surface area contributed by atoms with E-state index in [1.165, 1.54) is 43.1 Å². The molecule has 0 saturated carbocycles. The third-order valence-electron chi connectivity index (χ3n) is 7.88. The van der Waals surface area contributed by atoms with Crippen LogP contribution in [0.5, 0.6) is 0 Å². The van der Waals surface area contributed by atoms with E-state index in [-0.39, 0.29) is 17.0 Å². The van der Waals surface area contributed by atoms with Crippen molar-refractivity contribution in [3.05, 3.63) is 62.3 Å². The molecule has 2 aliphatic heterocycles. The molecule has 1 amide bonds. The van der Waals surface area contributed by atoms with Gasteiger partial charge < -0.3 is 9.80 Å². The summed E-state index contributed by atoms with van der Waals surface area (Å²) in [5.41, 5.74) is 2.44. The van der Waals surface area contributed by atoms with Gasteiger partial charge in [-0.3, -0.25) is 19.1 Å². The van der Waals surface area contributed by atoms with Gasteiger partial charge in [0.2, 0.25) is 0 Å². The number of piperazine rings is 1. The largest absolute Gasteiger partial charge is 0.368 e. The first-order valence-corrected chi connectivity index (χ1v) is 16.1. The van der Waals surface area contributed by atoms with Gasteiger partial charge in [0.25, 0.3) is 11.5 Å². The number of unbranched alkanes of at least 4 members (excludes halogenated alkanes) is 5. The topological polar surface area (TPSA) is 72.6 Å². The average Bonchev–Trinajstić information content (AvgIpc) is 3.25. The van der Waals surface area contributed by atoms with Gasteiger partial charge in [0.05, 0.1) is 4.91 Å². The minimum absolute atomic E-state index is 0.0837. The van der Waals surface area contributed by atoms with Gasteiger partial charge in [0.15, 0.2) is 0 Å². The molecule has 1 aromatic heterocycles. The maximum Gasteiger partial charge on any atom is 0.270 e. The molecule has 0 radical (unpaired) electrons. The zero-order valence-corrected chi connectivity index (χ0v) is 26.2. The molecule has 0 bridgehead atoms. The Hall–Kier alpha value is -3.09. The Morgan fingerprint density at radius 2 is 1.59 bits per heavy atom. The molecule has 2 fully saturated rings. The molecule has 0 spiro atoms. The number of thiocarbonyl (C=S) groups is 1. The van der Waals surface area contributed by atoms with E-state index < -0.39 is 0 Å². The fraction of sp³-hybridized carbons (Fsp3) is 0.500. The lowest BCUT2D eigenvalue weighted by Gasteiger charge is -2.39. The highest BCUT2D eigenvalue weighted by Gasteiger charge is 2.33. The van der Waals surface area contributed by atoms with Crippen LogP contribution in [0.15, 0.2) is 40.0 Å². The number of benzene rings is 1. The molecule has 7 nitrogen and oxygen atoms in total. The number of aromatic nitrogens is 1. The first-order valence-electron chi connectivity index (χ1n) is 14.9. The number of anilines is 2. The number of amides is 1. The number of hydrogen-bond donors (Lipinski definition) is 0. The van der Waals surface area contributed by atoms with Crippen LogP contribution < -0.4 is 15.4 Å². The Bertz CT molecular complexity index is 1370. The fourth-order valence-electron chi connectivity index (χ4n) is 5.61. The quantitative estimate of drug-likeness (QED) is 0.162. The molecule has 218 valence electrons. The van der Waals surface area contributed by atoms with Crippen LogP contribution in [0.25, 0.3) is 6.08 Å². The van der Waals surface area contributed by atoms with E-state index in [4.69, 9.17) is 12.2 Å². The van der Waals surface area contributed by atoms with Gasteiger partial charge >= 0.3 is 0 Å². The molecule has 1 aromatic carbocycles. The first-order chi connectivity index (χ1) is 19.9. The van der Waals surface area contributed by atoms with Gasteiger partial charge in [-0.05, 0) is 43.5 Å². The second-order valence-corrected chi connectivity index (χ2v) is 12.4. The highest BCUT2D eigenvalue weighted by atomic mass is 32.2. The number of rotatable bonds is 12. The summed E-state index contributed by atoms with van der Waals surface area (Å²) in [6.07, 6.45) is 9.51. The van der Waals surface area contributed by atoms with Gasteiger partial charge in [-0.2, -0.15) is 5.26 Å². The summed E-state index contributed by atoms with van der Waals surface area (Å²) in [4.78, 5) is 33.9. The Labute approximate surface area is 253 Å². The van der Waals surface area contributed by atoms with E-state index in [0.29, 0.717) is 27.9 Å². The zero-order valence-electron chi connectivity index (χ0n) is 24.5. The number of hydrogen-bond acceptors (Lipinski definition) is 7. The monoisotopic (exact) mass is 591 g/mol. The molecule has 0 N–H and O–H groups in total. The molecule has 4 rings (SSSR count). The Morgan fingerprint density at radius 1 is 0.927 bits per heavy atom. The lowest BCUT2D eigenvalue weighted by atomic mass is 10.0. The van der Waals surface area contributed by atoms with E-state index in [9.17, 15) is 14.9 Å². The molecule has 3 heterocycles. The van der Waals surface area contributed by atoms with Crippen LogP contribution in [0, 0.1) is 18.3 Å². The minimum Gasteiger partial charge on any atom is -0.368 e. The fourth-order valence-corrected chi connectivity index (χ4v) is 6.90. The molecule has 0 unspecified atom stereocenters. The van der Waals surface area contributed by atoms with Crippen LogP contribution in [0.1, 0.15) is 75.5 Å². The van der Waals surface area contributed by atoms with Gasteiger partial charge in [-0.25, -0.2) is 0 Å². The highest BCUT2D eigenvalue weighted by Crippen LogP contribution is 2.36. The van der Waals surface area contributed by atoms with E-state index in [2.05, 4.69) is 34.9 Å². The summed E-state index contributed by atoms with van der Waals surface area (Å²) in [5.74, 6) is 0.710. The van der Waals surface area contributed by atoms with Crippen LogP contribution >= 0.6 is 24.0 Å². The van der Waals surface area contributed by atoms with E-state index in [1.807, 2.05) is 38.1 Å². The van der Waals surface area contributed by atoms with Crippen molar-refractivity contribution in [3.63, 3.8) is 0 Å². The molecule has 2 aromatic rings.